The van der Waals surface area contributed by atoms with E-state index in [-0.39, 0.29) is 0 Å². The van der Waals surface area contributed by atoms with Gasteiger partial charge in [0.2, 0.25) is 5.91 Å². The number of hydrogen-bond acceptors (Lipinski definition) is 3. The second-order valence-corrected chi connectivity index (χ2v) is 7.08. The second kappa shape index (κ2) is 9.13. The first-order valence-electron chi connectivity index (χ1n) is 8.53. The van der Waals surface area contributed by atoms with Gasteiger partial charge in [-0.2, -0.15) is 0 Å². The molecule has 1 spiro atoms. The maximum atomic E-state index is 12.1. The van der Waals surface area contributed by atoms with E-state index < -0.39 is 5.97 Å². The zero-order chi connectivity index (χ0) is 16.6. The zero-order valence-corrected chi connectivity index (χ0v) is 14.4. The molecule has 0 unspecified atom stereocenters. The van der Waals surface area contributed by atoms with Crippen molar-refractivity contribution in [2.75, 3.05) is 26.2 Å². The van der Waals surface area contributed by atoms with Gasteiger partial charge in [0, 0.05) is 26.4 Å². The first kappa shape index (κ1) is 18.9. The number of hydrogen-bond donors (Lipinski definition) is 2. The molecule has 0 bridgehead atoms. The molecule has 5 heteroatoms. The summed E-state index contributed by atoms with van der Waals surface area (Å²) < 4.78 is 0. The molecule has 0 aromatic carbocycles. The number of nitrogens with one attached hydrogen (secondary N) is 1. The molecule has 128 valence electrons. The van der Waals surface area contributed by atoms with Gasteiger partial charge < -0.3 is 15.3 Å². The van der Waals surface area contributed by atoms with Gasteiger partial charge in [0.25, 0.3) is 5.97 Å². The van der Waals surface area contributed by atoms with Gasteiger partial charge in [-0.25, -0.2) is 0 Å². The Balaban J connectivity index is 0.000000541. The molecule has 0 saturated carbocycles. The number of carbonyl (C=O) groups excluding carboxylic acids is 1. The monoisotopic (exact) mass is 312 g/mol. The number of carboxylic acids is 1. The Hall–Kier alpha value is -1.10. The minimum atomic E-state index is -0.833. The highest BCUT2D eigenvalue weighted by Crippen LogP contribution is 2.39. The van der Waals surface area contributed by atoms with Crippen LogP contribution in [0.2, 0.25) is 0 Å². The van der Waals surface area contributed by atoms with Gasteiger partial charge in [0.05, 0.1) is 0 Å². The number of rotatable bonds is 3. The molecule has 2 rings (SSSR count). The van der Waals surface area contributed by atoms with Gasteiger partial charge in [-0.1, -0.05) is 13.8 Å². The maximum Gasteiger partial charge on any atom is 0.300 e. The van der Waals surface area contributed by atoms with Crippen molar-refractivity contribution in [2.24, 2.45) is 11.3 Å². The molecule has 1 amide bonds. The summed E-state index contributed by atoms with van der Waals surface area (Å²) in [6, 6.07) is 0. The Morgan fingerprint density at radius 1 is 1.14 bits per heavy atom. The van der Waals surface area contributed by atoms with E-state index in [0.717, 1.165) is 32.9 Å². The Morgan fingerprint density at radius 3 is 2.09 bits per heavy atom. The number of nitrogens with zero attached hydrogens (tertiary/aromatic N) is 1. The van der Waals surface area contributed by atoms with Crippen molar-refractivity contribution in [2.45, 2.75) is 59.3 Å². The van der Waals surface area contributed by atoms with Crippen LogP contribution in [0, 0.1) is 11.3 Å². The smallest absolute Gasteiger partial charge is 0.300 e. The molecule has 2 saturated heterocycles. The van der Waals surface area contributed by atoms with Crippen LogP contribution in [0.3, 0.4) is 0 Å². The Bertz CT molecular complexity index is 349. The van der Waals surface area contributed by atoms with E-state index in [9.17, 15) is 4.79 Å². The molecule has 2 fully saturated rings. The van der Waals surface area contributed by atoms with Gasteiger partial charge in [0.15, 0.2) is 0 Å². The van der Waals surface area contributed by atoms with E-state index in [2.05, 4.69) is 24.1 Å². The SMILES string of the molecule is CC(=O)O.CC(C)CCC(=O)N1CCC2(CCNCC2)CC1. The molecule has 22 heavy (non-hydrogen) atoms. The van der Waals surface area contributed by atoms with Crippen molar-refractivity contribution in [3.63, 3.8) is 0 Å². The molecule has 0 aromatic heterocycles. The number of amides is 1. The molecular formula is C17H32N2O3. The average Bonchev–Trinajstić information content (AvgIpc) is 2.46. The van der Waals surface area contributed by atoms with Gasteiger partial charge in [-0.3, -0.25) is 9.59 Å². The summed E-state index contributed by atoms with van der Waals surface area (Å²) in [4.78, 5) is 23.2. The third kappa shape index (κ3) is 6.77. The molecule has 0 aromatic rings. The molecule has 5 nitrogen and oxygen atoms in total. The molecule has 2 heterocycles. The lowest BCUT2D eigenvalue weighted by Gasteiger charge is -2.44. The standard InChI is InChI=1S/C15H28N2O.C2H4O2/c1-13(2)3-4-14(18)17-11-7-15(8-12-17)5-9-16-10-6-15;1-2(3)4/h13,16H,3-12H2,1-2H3;1H3,(H,3,4). The lowest BCUT2D eigenvalue weighted by molar-refractivity contribution is -0.135. The van der Waals surface area contributed by atoms with Crippen molar-refractivity contribution in [3.05, 3.63) is 0 Å². The van der Waals surface area contributed by atoms with Crippen LogP contribution in [0.4, 0.5) is 0 Å². The van der Waals surface area contributed by atoms with E-state index in [0.29, 0.717) is 17.2 Å². The predicted octanol–water partition coefficient (Wildman–Crippen LogP) is 2.51. The summed E-state index contributed by atoms with van der Waals surface area (Å²) in [6.07, 6.45) is 6.84. The van der Waals surface area contributed by atoms with Gasteiger partial charge >= 0.3 is 0 Å². The quantitative estimate of drug-likeness (QED) is 0.840. The number of aliphatic carboxylic acids is 1. The highest BCUT2D eigenvalue weighted by Gasteiger charge is 2.36. The van der Waals surface area contributed by atoms with Crippen LogP contribution in [0.1, 0.15) is 59.3 Å². The largest absolute Gasteiger partial charge is 0.481 e. The average molecular weight is 312 g/mol. The lowest BCUT2D eigenvalue weighted by atomic mass is 9.71. The Morgan fingerprint density at radius 2 is 1.64 bits per heavy atom. The van der Waals surface area contributed by atoms with E-state index in [1.54, 1.807) is 0 Å². The van der Waals surface area contributed by atoms with Crippen LogP contribution in [-0.4, -0.2) is 48.1 Å². The summed E-state index contributed by atoms with van der Waals surface area (Å²) >= 11 is 0. The van der Waals surface area contributed by atoms with Gasteiger partial charge in [0.1, 0.15) is 0 Å². The highest BCUT2D eigenvalue weighted by molar-refractivity contribution is 5.76. The summed E-state index contributed by atoms with van der Waals surface area (Å²) in [5, 5.41) is 10.9. The third-order valence-corrected chi connectivity index (χ3v) is 4.78. The van der Waals surface area contributed by atoms with Crippen LogP contribution in [-0.2, 0) is 9.59 Å². The first-order chi connectivity index (χ1) is 10.3. The maximum absolute atomic E-state index is 12.1. The minimum Gasteiger partial charge on any atom is -0.481 e. The van der Waals surface area contributed by atoms with Crippen molar-refractivity contribution < 1.29 is 14.7 Å². The number of carboxylic acid groups (broad SMARTS) is 1. The second-order valence-electron chi connectivity index (χ2n) is 7.08. The van der Waals surface area contributed by atoms with E-state index >= 15 is 0 Å². The number of likely N-dealkylation sites (tertiary alicyclic amines) is 1. The van der Waals surface area contributed by atoms with Crippen LogP contribution in [0.25, 0.3) is 0 Å². The van der Waals surface area contributed by atoms with Crippen LogP contribution < -0.4 is 5.32 Å². The Labute approximate surface area is 134 Å². The van der Waals surface area contributed by atoms with E-state index in [4.69, 9.17) is 9.90 Å². The molecule has 2 aliphatic heterocycles. The molecular weight excluding hydrogens is 280 g/mol. The van der Waals surface area contributed by atoms with Crippen molar-refractivity contribution in [1.82, 2.24) is 10.2 Å². The van der Waals surface area contributed by atoms with E-state index in [1.165, 1.54) is 38.8 Å². The topological polar surface area (TPSA) is 69.6 Å². The number of piperidine rings is 2. The van der Waals surface area contributed by atoms with Crippen molar-refractivity contribution in [3.8, 4) is 0 Å². The fourth-order valence-corrected chi connectivity index (χ4v) is 3.26. The van der Waals surface area contributed by atoms with E-state index in [1.807, 2.05) is 0 Å². The van der Waals surface area contributed by atoms with Gasteiger partial charge in [-0.15, -0.1) is 0 Å². The van der Waals surface area contributed by atoms with Crippen LogP contribution in [0.5, 0.6) is 0 Å². The minimum absolute atomic E-state index is 0.382. The zero-order valence-electron chi connectivity index (χ0n) is 14.4. The molecule has 2 N–H and O–H groups in total. The van der Waals surface area contributed by atoms with Crippen molar-refractivity contribution in [1.29, 1.82) is 0 Å². The fraction of sp³-hybridized carbons (Fsp3) is 0.882. The van der Waals surface area contributed by atoms with Gasteiger partial charge in [-0.05, 0) is 56.5 Å². The van der Waals surface area contributed by atoms with Crippen molar-refractivity contribution >= 4 is 11.9 Å². The summed E-state index contributed by atoms with van der Waals surface area (Å²) in [6.45, 7) is 9.79. The summed E-state index contributed by atoms with van der Waals surface area (Å²) in [5.74, 6) is 0.182. The molecule has 0 atom stereocenters. The molecule has 2 aliphatic rings. The summed E-state index contributed by atoms with van der Waals surface area (Å²) in [5.41, 5.74) is 0.556. The molecule has 0 aliphatic carbocycles. The third-order valence-electron chi connectivity index (χ3n) is 4.78. The predicted molar refractivity (Wildman–Crippen MR) is 87.7 cm³/mol. The van der Waals surface area contributed by atoms with Crippen LogP contribution >= 0.6 is 0 Å². The first-order valence-corrected chi connectivity index (χ1v) is 8.53. The normalized spacial score (nSPS) is 20.5. The highest BCUT2D eigenvalue weighted by atomic mass is 16.4. The Kier molecular flexibility index (Phi) is 7.87. The summed E-state index contributed by atoms with van der Waals surface area (Å²) in [7, 11) is 0. The molecule has 0 radical (unpaired) electrons. The number of carbonyl (C=O) groups is 2. The lowest BCUT2D eigenvalue weighted by Crippen LogP contribution is -2.47. The van der Waals surface area contributed by atoms with Crippen LogP contribution in [0.15, 0.2) is 0 Å². The fourth-order valence-electron chi connectivity index (χ4n) is 3.26.